The molecule has 1 rings (SSSR count). The summed E-state index contributed by atoms with van der Waals surface area (Å²) in [6, 6.07) is -0.623. The summed E-state index contributed by atoms with van der Waals surface area (Å²) in [6.45, 7) is 0.569. The average Bonchev–Trinajstić information content (AvgIpc) is 2.59. The number of primary amides is 1. The molecule has 0 saturated carbocycles. The number of aromatic nitrogens is 1. The van der Waals surface area contributed by atoms with Gasteiger partial charge in [0.2, 0.25) is 0 Å². The van der Waals surface area contributed by atoms with Crippen LogP contribution in [0.1, 0.15) is 10.5 Å². The summed E-state index contributed by atoms with van der Waals surface area (Å²) >= 11 is 1.19. The van der Waals surface area contributed by atoms with Crippen LogP contribution in [-0.2, 0) is 0 Å². The molecule has 15 heavy (non-hydrogen) atoms. The number of amides is 3. The maximum absolute atomic E-state index is 11.3. The minimum atomic E-state index is -0.623. The molecule has 0 radical (unpaired) electrons. The molecule has 0 bridgehead atoms. The Morgan fingerprint density at radius 1 is 1.40 bits per heavy atom. The second kappa shape index (κ2) is 5.15. The molecule has 0 spiro atoms. The van der Waals surface area contributed by atoms with Crippen molar-refractivity contribution in [1.29, 1.82) is 0 Å². The van der Waals surface area contributed by atoms with Crippen molar-refractivity contribution < 1.29 is 9.59 Å². The van der Waals surface area contributed by atoms with E-state index in [-0.39, 0.29) is 18.1 Å². The Kier molecular flexibility index (Phi) is 3.86. The van der Waals surface area contributed by atoms with Gasteiger partial charge in [-0.25, -0.2) is 9.78 Å². The summed E-state index contributed by atoms with van der Waals surface area (Å²) in [5.74, 6) is -0.325. The van der Waals surface area contributed by atoms with Crippen molar-refractivity contribution >= 4 is 28.4 Å². The zero-order chi connectivity index (χ0) is 11.3. The first-order valence-electron chi connectivity index (χ1n) is 4.12. The van der Waals surface area contributed by atoms with Gasteiger partial charge in [-0.2, -0.15) is 0 Å². The lowest BCUT2D eigenvalue weighted by Gasteiger charge is -2.02. The molecule has 8 heteroatoms. The van der Waals surface area contributed by atoms with Crippen LogP contribution in [0.15, 0.2) is 5.38 Å². The zero-order valence-electron chi connectivity index (χ0n) is 7.82. The molecular weight excluding hydrogens is 218 g/mol. The van der Waals surface area contributed by atoms with E-state index in [0.29, 0.717) is 11.7 Å². The fourth-order valence-corrected chi connectivity index (χ4v) is 1.39. The number of carbonyl (C=O) groups is 2. The Bertz CT molecular complexity index is 364. The first-order valence-corrected chi connectivity index (χ1v) is 5.00. The van der Waals surface area contributed by atoms with E-state index in [1.807, 2.05) is 0 Å². The third-order valence-electron chi connectivity index (χ3n) is 1.46. The van der Waals surface area contributed by atoms with Crippen molar-refractivity contribution in [3.63, 3.8) is 0 Å². The Morgan fingerprint density at radius 3 is 2.60 bits per heavy atom. The highest BCUT2D eigenvalue weighted by Crippen LogP contribution is 2.10. The predicted molar refractivity (Wildman–Crippen MR) is 56.4 cm³/mol. The monoisotopic (exact) mass is 229 g/mol. The summed E-state index contributed by atoms with van der Waals surface area (Å²) in [4.78, 5) is 25.4. The molecule has 0 aromatic carbocycles. The van der Waals surface area contributed by atoms with Crippen LogP contribution in [0.3, 0.4) is 0 Å². The predicted octanol–water partition coefficient (Wildman–Crippen LogP) is -0.877. The van der Waals surface area contributed by atoms with Gasteiger partial charge in [-0.1, -0.05) is 0 Å². The van der Waals surface area contributed by atoms with E-state index < -0.39 is 6.03 Å². The van der Waals surface area contributed by atoms with Crippen molar-refractivity contribution in [2.45, 2.75) is 0 Å². The van der Waals surface area contributed by atoms with Gasteiger partial charge in [0.15, 0.2) is 5.13 Å². The van der Waals surface area contributed by atoms with Crippen molar-refractivity contribution in [1.82, 2.24) is 15.6 Å². The molecule has 1 aromatic rings. The molecule has 82 valence electrons. The molecule has 1 aromatic heterocycles. The van der Waals surface area contributed by atoms with Crippen LogP contribution in [-0.4, -0.2) is 30.0 Å². The summed E-state index contributed by atoms with van der Waals surface area (Å²) < 4.78 is 0. The number of nitrogens with one attached hydrogen (secondary N) is 2. The number of thiazole rings is 1. The number of hydrogen-bond acceptors (Lipinski definition) is 5. The lowest BCUT2D eigenvalue weighted by Crippen LogP contribution is -2.37. The molecule has 3 amide bonds. The van der Waals surface area contributed by atoms with Gasteiger partial charge in [0.25, 0.3) is 5.91 Å². The number of urea groups is 1. The van der Waals surface area contributed by atoms with E-state index in [4.69, 9.17) is 11.5 Å². The van der Waals surface area contributed by atoms with Crippen LogP contribution in [0.25, 0.3) is 0 Å². The lowest BCUT2D eigenvalue weighted by molar-refractivity contribution is 0.0949. The first kappa shape index (κ1) is 11.2. The number of carbonyl (C=O) groups excluding carboxylic acids is 2. The van der Waals surface area contributed by atoms with Crippen molar-refractivity contribution in [2.24, 2.45) is 5.73 Å². The van der Waals surface area contributed by atoms with E-state index in [2.05, 4.69) is 15.6 Å². The quantitative estimate of drug-likeness (QED) is 0.501. The van der Waals surface area contributed by atoms with Crippen LogP contribution in [0, 0.1) is 0 Å². The number of anilines is 1. The largest absolute Gasteiger partial charge is 0.375 e. The molecule has 6 N–H and O–H groups in total. The SMILES string of the molecule is NC(=O)NCCNC(=O)c1csc(N)n1. The Balaban J connectivity index is 2.28. The molecular formula is C7H11N5O2S. The summed E-state index contributed by atoms with van der Waals surface area (Å²) in [5.41, 5.74) is 10.5. The van der Waals surface area contributed by atoms with Crippen LogP contribution in [0.4, 0.5) is 9.93 Å². The molecule has 0 fully saturated rings. The van der Waals surface area contributed by atoms with Gasteiger partial charge in [-0.05, 0) is 0 Å². The molecule has 0 unspecified atom stereocenters. The van der Waals surface area contributed by atoms with Crippen LogP contribution < -0.4 is 22.1 Å². The van der Waals surface area contributed by atoms with Gasteiger partial charge in [-0.15, -0.1) is 11.3 Å². The summed E-state index contributed by atoms with van der Waals surface area (Å²) in [6.07, 6.45) is 0. The van der Waals surface area contributed by atoms with Gasteiger partial charge in [0, 0.05) is 18.5 Å². The van der Waals surface area contributed by atoms with Gasteiger partial charge in [0.1, 0.15) is 5.69 Å². The maximum atomic E-state index is 11.3. The van der Waals surface area contributed by atoms with Crippen molar-refractivity contribution in [3.05, 3.63) is 11.1 Å². The van der Waals surface area contributed by atoms with E-state index >= 15 is 0 Å². The van der Waals surface area contributed by atoms with E-state index in [9.17, 15) is 9.59 Å². The molecule has 7 nitrogen and oxygen atoms in total. The number of nitrogen functional groups attached to an aromatic ring is 1. The Hall–Kier alpha value is -1.83. The standard InChI is InChI=1S/C7H11N5O2S/c8-6(14)11-2-1-10-5(13)4-3-15-7(9)12-4/h3H,1-2H2,(H2,9,12)(H,10,13)(H3,8,11,14). The Morgan fingerprint density at radius 2 is 2.07 bits per heavy atom. The second-order valence-electron chi connectivity index (χ2n) is 2.62. The molecule has 0 aliphatic carbocycles. The lowest BCUT2D eigenvalue weighted by atomic mass is 10.4. The van der Waals surface area contributed by atoms with E-state index in [0.717, 1.165) is 0 Å². The average molecular weight is 229 g/mol. The zero-order valence-corrected chi connectivity index (χ0v) is 8.63. The highest BCUT2D eigenvalue weighted by atomic mass is 32.1. The van der Waals surface area contributed by atoms with Crippen molar-refractivity contribution in [3.8, 4) is 0 Å². The number of nitrogens with zero attached hydrogens (tertiary/aromatic N) is 1. The summed E-state index contributed by atoms with van der Waals surface area (Å²) in [5, 5.41) is 6.79. The highest BCUT2D eigenvalue weighted by Gasteiger charge is 2.08. The smallest absolute Gasteiger partial charge is 0.312 e. The molecule has 0 aliphatic rings. The molecule has 1 heterocycles. The Labute approximate surface area is 89.9 Å². The number of hydrogen-bond donors (Lipinski definition) is 4. The number of nitrogens with two attached hydrogens (primary N) is 2. The fourth-order valence-electron chi connectivity index (χ4n) is 0.844. The second-order valence-corrected chi connectivity index (χ2v) is 3.51. The van der Waals surface area contributed by atoms with Crippen molar-refractivity contribution in [2.75, 3.05) is 18.8 Å². The fraction of sp³-hybridized carbons (Fsp3) is 0.286. The third kappa shape index (κ3) is 3.81. The summed E-state index contributed by atoms with van der Waals surface area (Å²) in [7, 11) is 0. The minimum Gasteiger partial charge on any atom is -0.375 e. The first-order chi connectivity index (χ1) is 7.09. The van der Waals surface area contributed by atoms with Gasteiger partial charge >= 0.3 is 6.03 Å². The van der Waals surface area contributed by atoms with Crippen LogP contribution in [0.5, 0.6) is 0 Å². The van der Waals surface area contributed by atoms with Gasteiger partial charge in [-0.3, -0.25) is 4.79 Å². The third-order valence-corrected chi connectivity index (χ3v) is 2.14. The van der Waals surface area contributed by atoms with Crippen LogP contribution in [0.2, 0.25) is 0 Å². The van der Waals surface area contributed by atoms with E-state index in [1.165, 1.54) is 11.3 Å². The minimum absolute atomic E-state index is 0.275. The molecule has 0 saturated heterocycles. The van der Waals surface area contributed by atoms with Gasteiger partial charge in [0.05, 0.1) is 0 Å². The highest BCUT2D eigenvalue weighted by molar-refractivity contribution is 7.13. The normalized spacial score (nSPS) is 9.60. The molecule has 0 atom stereocenters. The van der Waals surface area contributed by atoms with Crippen LogP contribution >= 0.6 is 11.3 Å². The van der Waals surface area contributed by atoms with Gasteiger partial charge < -0.3 is 22.1 Å². The number of rotatable bonds is 4. The van der Waals surface area contributed by atoms with E-state index in [1.54, 1.807) is 5.38 Å². The maximum Gasteiger partial charge on any atom is 0.312 e. The topological polar surface area (TPSA) is 123 Å². The molecule has 0 aliphatic heterocycles.